The molecule has 1 N–H and O–H groups in total. The van der Waals surface area contributed by atoms with Crippen LogP contribution < -0.4 is 0 Å². The maximum atomic E-state index is 9.09. The first-order valence-corrected chi connectivity index (χ1v) is 6.78. The Morgan fingerprint density at radius 1 is 1.62 bits per heavy atom. The molecule has 1 aromatic heterocycles. The van der Waals surface area contributed by atoms with E-state index in [0.717, 1.165) is 26.1 Å². The molecular formula is C12H20N2OS. The molecule has 1 atom stereocenters. The van der Waals surface area contributed by atoms with Crippen LogP contribution in [0, 0.1) is 5.92 Å². The zero-order chi connectivity index (χ0) is 11.5. The van der Waals surface area contributed by atoms with Gasteiger partial charge in [-0.25, -0.2) is 4.98 Å². The molecule has 3 nitrogen and oxygen atoms in total. The zero-order valence-electron chi connectivity index (χ0n) is 10.0. The normalized spacial score (nSPS) is 22.1. The quantitative estimate of drug-likeness (QED) is 0.875. The molecule has 4 heteroatoms. The van der Waals surface area contributed by atoms with Gasteiger partial charge >= 0.3 is 0 Å². The third-order valence-corrected chi connectivity index (χ3v) is 4.41. The number of aliphatic hydroxyl groups is 1. The lowest BCUT2D eigenvalue weighted by Crippen LogP contribution is -2.20. The third kappa shape index (κ3) is 2.81. The van der Waals surface area contributed by atoms with Crippen molar-refractivity contribution in [2.24, 2.45) is 5.92 Å². The van der Waals surface area contributed by atoms with Gasteiger partial charge < -0.3 is 5.11 Å². The van der Waals surface area contributed by atoms with E-state index in [0.29, 0.717) is 18.4 Å². The molecule has 0 aliphatic carbocycles. The van der Waals surface area contributed by atoms with Crippen molar-refractivity contribution in [3.05, 3.63) is 16.1 Å². The van der Waals surface area contributed by atoms with Crippen LogP contribution in [0.2, 0.25) is 0 Å². The molecule has 1 unspecified atom stereocenters. The highest BCUT2D eigenvalue weighted by molar-refractivity contribution is 7.11. The Morgan fingerprint density at radius 2 is 2.44 bits per heavy atom. The van der Waals surface area contributed by atoms with Gasteiger partial charge in [0.05, 0.1) is 6.54 Å². The van der Waals surface area contributed by atoms with Crippen LogP contribution >= 0.6 is 11.3 Å². The van der Waals surface area contributed by atoms with E-state index >= 15 is 0 Å². The van der Waals surface area contributed by atoms with Gasteiger partial charge in [-0.1, -0.05) is 13.8 Å². The van der Waals surface area contributed by atoms with Crippen LogP contribution in [0.5, 0.6) is 0 Å². The Labute approximate surface area is 101 Å². The fraction of sp³-hybridized carbons (Fsp3) is 0.750. The monoisotopic (exact) mass is 240 g/mol. The second-order valence-electron chi connectivity index (χ2n) is 4.88. The molecule has 1 aliphatic rings. The SMILES string of the molecule is CC(C)c1cnc(CN2CCC(CO)C2)s1. The Hall–Kier alpha value is -0.450. The largest absolute Gasteiger partial charge is 0.396 e. The Kier molecular flexibility index (Phi) is 3.95. The molecule has 1 aliphatic heterocycles. The number of nitrogens with zero attached hydrogens (tertiary/aromatic N) is 2. The lowest BCUT2D eigenvalue weighted by atomic mass is 10.1. The predicted molar refractivity (Wildman–Crippen MR) is 66.7 cm³/mol. The molecule has 0 spiro atoms. The molecule has 2 heterocycles. The van der Waals surface area contributed by atoms with Crippen LogP contribution in [0.1, 0.15) is 36.1 Å². The predicted octanol–water partition coefficient (Wildman–Crippen LogP) is 2.08. The van der Waals surface area contributed by atoms with E-state index in [1.54, 1.807) is 0 Å². The fourth-order valence-electron chi connectivity index (χ4n) is 2.06. The van der Waals surface area contributed by atoms with Crippen molar-refractivity contribution in [1.82, 2.24) is 9.88 Å². The zero-order valence-corrected chi connectivity index (χ0v) is 10.8. The molecule has 90 valence electrons. The van der Waals surface area contributed by atoms with E-state index in [2.05, 4.69) is 23.7 Å². The second-order valence-corrected chi connectivity index (χ2v) is 6.03. The standard InChI is InChI=1S/C12H20N2OS/c1-9(2)11-5-13-12(16-11)7-14-4-3-10(6-14)8-15/h5,9-10,15H,3-4,6-8H2,1-2H3. The summed E-state index contributed by atoms with van der Waals surface area (Å²) in [6.07, 6.45) is 3.13. The van der Waals surface area contributed by atoms with Gasteiger partial charge in [-0.2, -0.15) is 0 Å². The van der Waals surface area contributed by atoms with Crippen LogP contribution in [0.4, 0.5) is 0 Å². The Balaban J connectivity index is 1.89. The maximum absolute atomic E-state index is 9.09. The van der Waals surface area contributed by atoms with Gasteiger partial charge in [0.1, 0.15) is 5.01 Å². The van der Waals surface area contributed by atoms with Crippen molar-refractivity contribution >= 4 is 11.3 Å². The molecule has 16 heavy (non-hydrogen) atoms. The van der Waals surface area contributed by atoms with E-state index in [1.807, 2.05) is 17.5 Å². The smallest absolute Gasteiger partial charge is 0.107 e. The van der Waals surface area contributed by atoms with E-state index in [-0.39, 0.29) is 0 Å². The van der Waals surface area contributed by atoms with Gasteiger partial charge in [0.2, 0.25) is 0 Å². The molecule has 0 aromatic carbocycles. The number of hydrogen-bond donors (Lipinski definition) is 1. The molecular weight excluding hydrogens is 220 g/mol. The van der Waals surface area contributed by atoms with Gasteiger partial charge in [-0.3, -0.25) is 4.90 Å². The molecule has 0 bridgehead atoms. The van der Waals surface area contributed by atoms with Crippen LogP contribution in [0.3, 0.4) is 0 Å². The minimum Gasteiger partial charge on any atom is -0.396 e. The Morgan fingerprint density at radius 3 is 3.00 bits per heavy atom. The van der Waals surface area contributed by atoms with Crippen molar-refractivity contribution in [2.75, 3.05) is 19.7 Å². The molecule has 2 rings (SSSR count). The highest BCUT2D eigenvalue weighted by Gasteiger charge is 2.22. The lowest BCUT2D eigenvalue weighted by Gasteiger charge is -2.13. The first kappa shape index (κ1) is 12.0. The summed E-state index contributed by atoms with van der Waals surface area (Å²) in [6.45, 7) is 7.80. The van der Waals surface area contributed by atoms with Gasteiger partial charge in [0.15, 0.2) is 0 Å². The van der Waals surface area contributed by atoms with Crippen LogP contribution in [0.15, 0.2) is 6.20 Å². The summed E-state index contributed by atoms with van der Waals surface area (Å²) in [5.74, 6) is 1.06. The third-order valence-electron chi connectivity index (χ3n) is 3.13. The molecule has 0 amide bonds. The minimum atomic E-state index is 0.325. The summed E-state index contributed by atoms with van der Waals surface area (Å²) < 4.78 is 0. The number of likely N-dealkylation sites (tertiary alicyclic amines) is 1. The average molecular weight is 240 g/mol. The lowest BCUT2D eigenvalue weighted by molar-refractivity contribution is 0.220. The number of hydrogen-bond acceptors (Lipinski definition) is 4. The van der Waals surface area contributed by atoms with Crippen molar-refractivity contribution in [2.45, 2.75) is 32.7 Å². The molecule has 0 radical (unpaired) electrons. The topological polar surface area (TPSA) is 36.4 Å². The van der Waals surface area contributed by atoms with E-state index in [9.17, 15) is 0 Å². The van der Waals surface area contributed by atoms with Gasteiger partial charge in [0, 0.05) is 24.2 Å². The number of aromatic nitrogens is 1. The van der Waals surface area contributed by atoms with E-state index in [1.165, 1.54) is 9.88 Å². The van der Waals surface area contributed by atoms with Crippen LogP contribution in [-0.2, 0) is 6.54 Å². The minimum absolute atomic E-state index is 0.325. The van der Waals surface area contributed by atoms with Crippen LogP contribution in [-0.4, -0.2) is 34.7 Å². The first-order chi connectivity index (χ1) is 7.69. The van der Waals surface area contributed by atoms with Crippen molar-refractivity contribution in [1.29, 1.82) is 0 Å². The molecule has 0 saturated carbocycles. The maximum Gasteiger partial charge on any atom is 0.107 e. The highest BCUT2D eigenvalue weighted by atomic mass is 32.1. The highest BCUT2D eigenvalue weighted by Crippen LogP contribution is 2.24. The van der Waals surface area contributed by atoms with Crippen LogP contribution in [0.25, 0.3) is 0 Å². The first-order valence-electron chi connectivity index (χ1n) is 5.97. The van der Waals surface area contributed by atoms with E-state index < -0.39 is 0 Å². The van der Waals surface area contributed by atoms with Gasteiger partial charge in [0.25, 0.3) is 0 Å². The van der Waals surface area contributed by atoms with Crippen molar-refractivity contribution in [3.63, 3.8) is 0 Å². The van der Waals surface area contributed by atoms with Gasteiger partial charge in [-0.05, 0) is 24.8 Å². The van der Waals surface area contributed by atoms with Crippen molar-refractivity contribution < 1.29 is 5.11 Å². The van der Waals surface area contributed by atoms with Crippen molar-refractivity contribution in [3.8, 4) is 0 Å². The second kappa shape index (κ2) is 5.25. The van der Waals surface area contributed by atoms with E-state index in [4.69, 9.17) is 5.11 Å². The number of aliphatic hydroxyl groups excluding tert-OH is 1. The number of thiazole rings is 1. The summed E-state index contributed by atoms with van der Waals surface area (Å²) in [6, 6.07) is 0. The molecule has 1 saturated heterocycles. The summed E-state index contributed by atoms with van der Waals surface area (Å²) in [5.41, 5.74) is 0. The molecule has 1 fully saturated rings. The summed E-state index contributed by atoms with van der Waals surface area (Å²) >= 11 is 1.82. The average Bonchev–Trinajstić information content (AvgIpc) is 2.87. The summed E-state index contributed by atoms with van der Waals surface area (Å²) in [4.78, 5) is 8.23. The summed E-state index contributed by atoms with van der Waals surface area (Å²) in [5, 5.41) is 10.3. The molecule has 1 aromatic rings. The summed E-state index contributed by atoms with van der Waals surface area (Å²) in [7, 11) is 0. The number of rotatable bonds is 4. The Bertz CT molecular complexity index is 338. The fourth-order valence-corrected chi connectivity index (χ4v) is 3.03. The van der Waals surface area contributed by atoms with Gasteiger partial charge in [-0.15, -0.1) is 11.3 Å².